The van der Waals surface area contributed by atoms with Crippen molar-refractivity contribution in [3.63, 3.8) is 0 Å². The molecule has 16 aromatic rings. The minimum atomic E-state index is -0.370. The molecule has 0 unspecified atom stereocenters. The average molecular weight is 1240 g/mol. The zero-order valence-corrected chi connectivity index (χ0v) is 51.9. The normalized spacial score (nSPS) is 13.4. The topological polar surface area (TPSA) is 135 Å². The first kappa shape index (κ1) is 57.8. The molecular formula is C78H55BCl2N6O5. The third-order valence-corrected chi connectivity index (χ3v) is 17.4. The van der Waals surface area contributed by atoms with E-state index in [1.54, 1.807) is 0 Å². The first-order valence-electron chi connectivity index (χ1n) is 30.2. The number of aromatic nitrogens is 6. The van der Waals surface area contributed by atoms with Crippen LogP contribution in [0.15, 0.2) is 274 Å². The molecule has 92 heavy (non-hydrogen) atoms. The predicted molar refractivity (Wildman–Crippen MR) is 372 cm³/mol. The van der Waals surface area contributed by atoms with Crippen LogP contribution in [0.4, 0.5) is 0 Å². The van der Waals surface area contributed by atoms with Gasteiger partial charge in [0.05, 0.1) is 11.2 Å². The van der Waals surface area contributed by atoms with Crippen molar-refractivity contribution in [2.24, 2.45) is 0 Å². The molecule has 0 amide bonds. The van der Waals surface area contributed by atoms with E-state index in [-0.39, 0.29) is 28.9 Å². The van der Waals surface area contributed by atoms with Crippen molar-refractivity contribution < 1.29 is 22.6 Å². The van der Waals surface area contributed by atoms with Crippen LogP contribution < -0.4 is 5.46 Å². The predicted octanol–water partition coefficient (Wildman–Crippen LogP) is 20.4. The minimum absolute atomic E-state index is 0.101. The molecule has 1 fully saturated rings. The van der Waals surface area contributed by atoms with Gasteiger partial charge in [-0.3, -0.25) is 0 Å². The van der Waals surface area contributed by atoms with Crippen molar-refractivity contribution in [3.05, 3.63) is 271 Å². The molecule has 1 aliphatic rings. The highest BCUT2D eigenvalue weighted by molar-refractivity contribution is 6.62. The molecule has 5 aromatic heterocycles. The van der Waals surface area contributed by atoms with E-state index in [1.807, 2.05) is 133 Å². The van der Waals surface area contributed by atoms with Gasteiger partial charge in [-0.1, -0.05) is 212 Å². The number of halogens is 2. The Kier molecular flexibility index (Phi) is 15.1. The Morgan fingerprint density at radius 3 is 1.00 bits per heavy atom. The third kappa shape index (κ3) is 11.1. The number of hydrogen-bond acceptors (Lipinski definition) is 11. The van der Waals surface area contributed by atoms with E-state index in [9.17, 15) is 0 Å². The Bertz CT molecular complexity index is 5230. The summed E-state index contributed by atoms with van der Waals surface area (Å²) in [5.74, 6) is 2.31. The van der Waals surface area contributed by atoms with Gasteiger partial charge in [-0.2, -0.15) is 15.0 Å². The first-order chi connectivity index (χ1) is 44.9. The number of nitrogens with zero attached hydrogens (tertiary/aromatic N) is 6. The lowest BCUT2D eigenvalue weighted by Gasteiger charge is -2.32. The van der Waals surface area contributed by atoms with Crippen molar-refractivity contribution in [1.29, 1.82) is 0 Å². The average Bonchev–Trinajstić information content (AvgIpc) is 2.28. The molecule has 0 radical (unpaired) electrons. The smallest absolute Gasteiger partial charge is 0.456 e. The van der Waals surface area contributed by atoms with Crippen LogP contribution in [-0.4, -0.2) is 48.2 Å². The standard InChI is InChI=1S/C45H27N3O2.C24H23BO3.C9H5Cl2N3/c1-2-12-28(13-3-1)43-46-44(31-16-8-14-29(26-31)33-20-10-24-39-41(33)35-18-4-6-22-37(35)49-39)48-45(47-43)32-17-9-15-30(27-32)34-21-11-25-40-42(34)36-19-5-7-23-38(36)50-40;1-23(2)24(3,4)28-25(27-23)17-10-7-9-16(15-17)18-12-8-14-21-22(18)19-11-5-6-13-20(19)26-21;10-8-12-7(13-9(11)14-8)6-4-2-1-3-5-6/h1-27H;5-15H,1-4H3;1-5H. The molecule has 0 saturated carbocycles. The quantitative estimate of drug-likeness (QED) is 0.135. The second-order valence-corrected chi connectivity index (χ2v) is 24.1. The highest BCUT2D eigenvalue weighted by atomic mass is 35.5. The molecule has 17 rings (SSSR count). The van der Waals surface area contributed by atoms with Crippen molar-refractivity contribution >= 4 is 102 Å². The molecule has 1 saturated heterocycles. The fourth-order valence-corrected chi connectivity index (χ4v) is 12.3. The van der Waals surface area contributed by atoms with E-state index < -0.39 is 0 Å². The summed E-state index contributed by atoms with van der Waals surface area (Å²) in [4.78, 5) is 26.8. The van der Waals surface area contributed by atoms with E-state index in [2.05, 4.69) is 170 Å². The van der Waals surface area contributed by atoms with Crippen LogP contribution in [0.2, 0.25) is 10.6 Å². The number of furan rings is 3. The lowest BCUT2D eigenvalue weighted by Crippen LogP contribution is -2.41. The Hall–Kier alpha value is -10.6. The van der Waals surface area contributed by atoms with Crippen LogP contribution in [0.25, 0.3) is 145 Å². The summed E-state index contributed by atoms with van der Waals surface area (Å²) in [6.45, 7) is 8.31. The number of benzene rings is 11. The summed E-state index contributed by atoms with van der Waals surface area (Å²) in [7, 11) is -0.370. The number of fused-ring (bicyclic) bond motifs is 9. The lowest BCUT2D eigenvalue weighted by molar-refractivity contribution is 0.00578. The first-order valence-corrected chi connectivity index (χ1v) is 31.0. The van der Waals surface area contributed by atoms with Gasteiger partial charge in [-0.15, -0.1) is 0 Å². The van der Waals surface area contributed by atoms with Crippen LogP contribution in [0.5, 0.6) is 0 Å². The van der Waals surface area contributed by atoms with E-state index in [4.69, 9.17) is 60.7 Å². The third-order valence-electron chi connectivity index (χ3n) is 17.1. The molecule has 0 atom stereocenters. The zero-order chi connectivity index (χ0) is 62.5. The van der Waals surface area contributed by atoms with Crippen molar-refractivity contribution in [2.45, 2.75) is 38.9 Å². The van der Waals surface area contributed by atoms with Gasteiger partial charge in [-0.05, 0) is 138 Å². The maximum atomic E-state index is 6.24. The minimum Gasteiger partial charge on any atom is -0.456 e. The van der Waals surface area contributed by atoms with Gasteiger partial charge in [0.2, 0.25) is 10.6 Å². The van der Waals surface area contributed by atoms with Gasteiger partial charge < -0.3 is 22.6 Å². The Morgan fingerprint density at radius 1 is 0.283 bits per heavy atom. The number of hydrogen-bond donors (Lipinski definition) is 0. The van der Waals surface area contributed by atoms with Gasteiger partial charge in [0.25, 0.3) is 0 Å². The molecule has 6 heterocycles. The Morgan fingerprint density at radius 2 is 0.587 bits per heavy atom. The van der Waals surface area contributed by atoms with E-state index in [0.717, 1.165) is 127 Å². The molecule has 11 aromatic carbocycles. The fourth-order valence-electron chi connectivity index (χ4n) is 11.9. The van der Waals surface area contributed by atoms with Crippen LogP contribution in [0.3, 0.4) is 0 Å². The second kappa shape index (κ2) is 24.0. The van der Waals surface area contributed by atoms with Gasteiger partial charge >= 0.3 is 7.12 Å². The monoisotopic (exact) mass is 1240 g/mol. The van der Waals surface area contributed by atoms with Crippen molar-refractivity contribution in [3.8, 4) is 78.9 Å². The second-order valence-electron chi connectivity index (χ2n) is 23.4. The Balaban J connectivity index is 0.000000139. The molecule has 11 nitrogen and oxygen atoms in total. The summed E-state index contributed by atoms with van der Waals surface area (Å²) in [6.07, 6.45) is 0. The highest BCUT2D eigenvalue weighted by Gasteiger charge is 2.51. The molecule has 1 aliphatic heterocycles. The highest BCUT2D eigenvalue weighted by Crippen LogP contribution is 2.42. The van der Waals surface area contributed by atoms with Crippen LogP contribution >= 0.6 is 23.2 Å². The maximum absolute atomic E-state index is 6.24. The Labute approximate surface area is 540 Å². The fraction of sp³-hybridized carbons (Fsp3) is 0.0769. The van der Waals surface area contributed by atoms with Crippen molar-refractivity contribution in [1.82, 2.24) is 29.9 Å². The SMILES string of the molecule is CC1(C)OB(c2cccc(-c3cccc4oc5ccccc5c34)c2)OC1(C)C.Clc1nc(Cl)nc(-c2ccccc2)n1.c1ccc(-c2nc(-c3cccc(-c4cccc5oc6ccccc6c45)c3)nc(-c3cccc(-c4cccc5oc6ccccc6c45)c3)n2)cc1. The molecule has 14 heteroatoms. The van der Waals surface area contributed by atoms with E-state index in [0.29, 0.717) is 23.3 Å². The van der Waals surface area contributed by atoms with Gasteiger partial charge in [-0.25, -0.2) is 15.0 Å². The summed E-state index contributed by atoms with van der Waals surface area (Å²) < 4.78 is 30.9. The summed E-state index contributed by atoms with van der Waals surface area (Å²) in [5.41, 5.74) is 15.8. The summed E-state index contributed by atoms with van der Waals surface area (Å²) in [6, 6.07) is 88.0. The van der Waals surface area contributed by atoms with E-state index in [1.165, 1.54) is 0 Å². The van der Waals surface area contributed by atoms with Crippen LogP contribution in [-0.2, 0) is 9.31 Å². The van der Waals surface area contributed by atoms with Gasteiger partial charge in [0.15, 0.2) is 23.3 Å². The summed E-state index contributed by atoms with van der Waals surface area (Å²) in [5, 5.41) is 6.86. The lowest BCUT2D eigenvalue weighted by atomic mass is 9.78. The van der Waals surface area contributed by atoms with Crippen LogP contribution in [0.1, 0.15) is 27.7 Å². The number of rotatable bonds is 8. The van der Waals surface area contributed by atoms with Gasteiger partial charge in [0, 0.05) is 54.6 Å². The molecule has 0 bridgehead atoms. The van der Waals surface area contributed by atoms with Crippen LogP contribution in [0, 0.1) is 0 Å². The molecule has 0 N–H and O–H groups in total. The molecule has 444 valence electrons. The van der Waals surface area contributed by atoms with Gasteiger partial charge in [0.1, 0.15) is 33.5 Å². The van der Waals surface area contributed by atoms with Crippen molar-refractivity contribution in [2.75, 3.05) is 0 Å². The largest absolute Gasteiger partial charge is 0.494 e. The maximum Gasteiger partial charge on any atom is 0.494 e. The zero-order valence-electron chi connectivity index (χ0n) is 50.4. The molecular weight excluding hydrogens is 1180 g/mol. The van der Waals surface area contributed by atoms with E-state index >= 15 is 0 Å². The molecule has 0 aliphatic carbocycles. The molecule has 0 spiro atoms. The number of para-hydroxylation sites is 3. The summed E-state index contributed by atoms with van der Waals surface area (Å²) >= 11 is 11.3.